The summed E-state index contributed by atoms with van der Waals surface area (Å²) in [5.41, 5.74) is 1.39. The number of alkyl carbamates (subject to hydrolysis) is 1. The molecule has 31 heavy (non-hydrogen) atoms. The van der Waals surface area contributed by atoms with Crippen LogP contribution in [-0.4, -0.2) is 53.5 Å². The maximum Gasteiger partial charge on any atom is 0.408 e. The largest absolute Gasteiger partial charge is 0.497 e. The fraction of sp³-hybridized carbons (Fsp3) is 0.318. The van der Waals surface area contributed by atoms with Crippen LogP contribution in [0.3, 0.4) is 0 Å². The smallest absolute Gasteiger partial charge is 0.408 e. The summed E-state index contributed by atoms with van der Waals surface area (Å²) in [5, 5.41) is 24.1. The molecule has 0 bridgehead atoms. The lowest BCUT2D eigenvalue weighted by Crippen LogP contribution is -2.56. The van der Waals surface area contributed by atoms with Crippen LogP contribution in [0.25, 0.3) is 0 Å². The number of hydrogen-bond donors (Lipinski definition) is 4. The molecule has 0 saturated carbocycles. The fourth-order valence-electron chi connectivity index (χ4n) is 2.79. The Kier molecular flexibility index (Phi) is 8.83. The van der Waals surface area contributed by atoms with Gasteiger partial charge in [0.25, 0.3) is 0 Å². The fourth-order valence-corrected chi connectivity index (χ4v) is 2.79. The number of carboxylic acid groups (broad SMARTS) is 1. The van der Waals surface area contributed by atoms with Crippen molar-refractivity contribution in [2.24, 2.45) is 0 Å². The van der Waals surface area contributed by atoms with E-state index in [1.165, 1.54) is 14.0 Å². The monoisotopic (exact) mass is 430 g/mol. The van der Waals surface area contributed by atoms with Crippen LogP contribution in [0.1, 0.15) is 18.1 Å². The predicted octanol–water partition coefficient (Wildman–Crippen LogP) is 1.48. The zero-order chi connectivity index (χ0) is 22.8. The van der Waals surface area contributed by atoms with Gasteiger partial charge in [-0.1, -0.05) is 42.5 Å². The zero-order valence-electron chi connectivity index (χ0n) is 17.3. The minimum atomic E-state index is -1.39. The minimum Gasteiger partial charge on any atom is -0.497 e. The number of aliphatic carboxylic acids is 1. The van der Waals surface area contributed by atoms with E-state index in [0.717, 1.165) is 5.56 Å². The average molecular weight is 430 g/mol. The van der Waals surface area contributed by atoms with E-state index in [-0.39, 0.29) is 13.0 Å². The van der Waals surface area contributed by atoms with E-state index in [4.69, 9.17) is 9.47 Å². The lowest BCUT2D eigenvalue weighted by atomic mass is 10.0. The Morgan fingerprint density at radius 3 is 2.29 bits per heavy atom. The van der Waals surface area contributed by atoms with Gasteiger partial charge in [-0.25, -0.2) is 9.59 Å². The van der Waals surface area contributed by atoms with Crippen LogP contribution in [0, 0.1) is 0 Å². The molecule has 0 aromatic heterocycles. The summed E-state index contributed by atoms with van der Waals surface area (Å²) in [6, 6.07) is 13.0. The van der Waals surface area contributed by atoms with E-state index in [1.54, 1.807) is 48.5 Å². The third-order valence-electron chi connectivity index (χ3n) is 4.44. The van der Waals surface area contributed by atoms with Crippen LogP contribution in [0.4, 0.5) is 4.79 Å². The van der Waals surface area contributed by atoms with Crippen LogP contribution < -0.4 is 15.4 Å². The van der Waals surface area contributed by atoms with E-state index < -0.39 is 36.2 Å². The molecule has 0 saturated heterocycles. The molecule has 0 aliphatic rings. The van der Waals surface area contributed by atoms with Crippen LogP contribution in [0.15, 0.2) is 54.6 Å². The topological polar surface area (TPSA) is 134 Å². The van der Waals surface area contributed by atoms with Gasteiger partial charge in [0.2, 0.25) is 5.91 Å². The summed E-state index contributed by atoms with van der Waals surface area (Å²) in [6.07, 6.45) is -2.20. The van der Waals surface area contributed by atoms with E-state index in [1.807, 2.05) is 6.07 Å². The molecular weight excluding hydrogens is 404 g/mol. The molecule has 0 radical (unpaired) electrons. The van der Waals surface area contributed by atoms with Crippen molar-refractivity contribution in [1.82, 2.24) is 10.6 Å². The molecule has 4 N–H and O–H groups in total. The number of benzene rings is 2. The zero-order valence-corrected chi connectivity index (χ0v) is 17.3. The first kappa shape index (κ1) is 23.7. The van der Waals surface area contributed by atoms with E-state index in [0.29, 0.717) is 11.3 Å². The quantitative estimate of drug-likeness (QED) is 0.449. The molecule has 2 aromatic rings. The Morgan fingerprint density at radius 1 is 1.00 bits per heavy atom. The molecular formula is C22H26N2O7. The molecule has 0 heterocycles. The third kappa shape index (κ3) is 7.63. The number of carboxylic acids is 1. The number of aliphatic hydroxyl groups is 1. The highest BCUT2D eigenvalue weighted by molar-refractivity contribution is 5.89. The van der Waals surface area contributed by atoms with Crippen molar-refractivity contribution in [3.05, 3.63) is 65.7 Å². The Morgan fingerprint density at radius 2 is 1.68 bits per heavy atom. The minimum absolute atomic E-state index is 0.0107. The van der Waals surface area contributed by atoms with Crippen molar-refractivity contribution in [3.8, 4) is 5.75 Å². The van der Waals surface area contributed by atoms with Crippen molar-refractivity contribution < 1.29 is 34.1 Å². The standard InChI is InChI=1S/C22H26N2O7/c1-14(25)19(24-22(29)31-13-15-7-4-3-5-8-15)20(26)23-18(21(27)28)12-16-9-6-10-17(11-16)30-2/h3-11,14,18-19,25H,12-13H2,1-2H3,(H,23,26)(H,24,29)(H,27,28)/t14-,18+,19+/m1/s1. The first-order chi connectivity index (χ1) is 14.8. The molecule has 2 aromatic carbocycles. The number of nitrogens with one attached hydrogen (secondary N) is 2. The number of methoxy groups -OCH3 is 1. The summed E-state index contributed by atoms with van der Waals surface area (Å²) in [4.78, 5) is 36.3. The Hall–Kier alpha value is -3.59. The van der Waals surface area contributed by atoms with Crippen molar-refractivity contribution in [2.75, 3.05) is 7.11 Å². The normalized spacial score (nSPS) is 13.4. The van der Waals surface area contributed by atoms with Crippen LogP contribution in [0.2, 0.25) is 0 Å². The van der Waals surface area contributed by atoms with Crippen molar-refractivity contribution in [3.63, 3.8) is 0 Å². The van der Waals surface area contributed by atoms with Crippen molar-refractivity contribution >= 4 is 18.0 Å². The van der Waals surface area contributed by atoms with E-state index in [9.17, 15) is 24.6 Å². The van der Waals surface area contributed by atoms with Crippen LogP contribution in [0.5, 0.6) is 5.75 Å². The summed E-state index contributed by atoms with van der Waals surface area (Å²) >= 11 is 0. The van der Waals surface area contributed by atoms with E-state index >= 15 is 0 Å². The summed E-state index contributed by atoms with van der Waals surface area (Å²) < 4.78 is 10.2. The maximum atomic E-state index is 12.6. The molecule has 3 atom stereocenters. The molecule has 0 spiro atoms. The predicted molar refractivity (Wildman–Crippen MR) is 111 cm³/mol. The summed E-state index contributed by atoms with van der Waals surface area (Å²) in [7, 11) is 1.49. The van der Waals surface area contributed by atoms with Gasteiger partial charge in [0, 0.05) is 6.42 Å². The second-order valence-electron chi connectivity index (χ2n) is 6.88. The van der Waals surface area contributed by atoms with Crippen LogP contribution in [-0.2, 0) is 27.4 Å². The molecule has 2 rings (SSSR count). The van der Waals surface area contributed by atoms with Gasteiger partial charge in [-0.3, -0.25) is 4.79 Å². The Balaban J connectivity index is 1.99. The van der Waals surface area contributed by atoms with Gasteiger partial charge in [-0.05, 0) is 30.2 Å². The second-order valence-corrected chi connectivity index (χ2v) is 6.88. The number of ether oxygens (including phenoxy) is 2. The van der Waals surface area contributed by atoms with E-state index in [2.05, 4.69) is 10.6 Å². The summed E-state index contributed by atoms with van der Waals surface area (Å²) in [6.45, 7) is 1.29. The van der Waals surface area contributed by atoms with Crippen LogP contribution >= 0.6 is 0 Å². The number of carbonyl (C=O) groups is 3. The molecule has 0 fully saturated rings. The number of aliphatic hydroxyl groups excluding tert-OH is 1. The lowest BCUT2D eigenvalue weighted by Gasteiger charge is -2.23. The highest BCUT2D eigenvalue weighted by Crippen LogP contribution is 2.14. The lowest BCUT2D eigenvalue weighted by molar-refractivity contribution is -0.142. The molecule has 9 heteroatoms. The molecule has 9 nitrogen and oxygen atoms in total. The van der Waals surface area contributed by atoms with Gasteiger partial charge in [-0.15, -0.1) is 0 Å². The first-order valence-corrected chi connectivity index (χ1v) is 9.61. The average Bonchev–Trinajstić information content (AvgIpc) is 2.76. The molecule has 0 aliphatic carbocycles. The first-order valence-electron chi connectivity index (χ1n) is 9.61. The maximum absolute atomic E-state index is 12.6. The molecule has 0 unspecified atom stereocenters. The number of hydrogen-bond acceptors (Lipinski definition) is 6. The second kappa shape index (κ2) is 11.6. The van der Waals surface area contributed by atoms with Gasteiger partial charge in [-0.2, -0.15) is 0 Å². The Labute approximate surface area is 180 Å². The molecule has 0 aliphatic heterocycles. The Bertz CT molecular complexity index is 886. The highest BCUT2D eigenvalue weighted by atomic mass is 16.5. The molecule has 2 amide bonds. The van der Waals surface area contributed by atoms with Crippen molar-refractivity contribution in [1.29, 1.82) is 0 Å². The SMILES string of the molecule is COc1cccc(C[C@H](NC(=O)[C@@H](NC(=O)OCc2ccccc2)[C@@H](C)O)C(=O)O)c1. The van der Waals surface area contributed by atoms with Gasteiger partial charge in [0.1, 0.15) is 24.4 Å². The van der Waals surface area contributed by atoms with Gasteiger partial charge >= 0.3 is 12.1 Å². The van der Waals surface area contributed by atoms with Gasteiger partial charge < -0.3 is 30.3 Å². The third-order valence-corrected chi connectivity index (χ3v) is 4.44. The number of amides is 2. The van der Waals surface area contributed by atoms with Gasteiger partial charge in [0.05, 0.1) is 13.2 Å². The molecule has 166 valence electrons. The number of rotatable bonds is 10. The van der Waals surface area contributed by atoms with Gasteiger partial charge in [0.15, 0.2) is 0 Å². The number of carbonyl (C=O) groups excluding carboxylic acids is 2. The summed E-state index contributed by atoms with van der Waals surface area (Å²) in [5.74, 6) is -1.55. The van der Waals surface area contributed by atoms with Crippen molar-refractivity contribution in [2.45, 2.75) is 38.1 Å². The highest BCUT2D eigenvalue weighted by Gasteiger charge is 2.30.